The first kappa shape index (κ1) is 14.1. The van der Waals surface area contributed by atoms with Crippen LogP contribution in [0.25, 0.3) is 0 Å². The van der Waals surface area contributed by atoms with Crippen LogP contribution < -0.4 is 15.4 Å². The van der Waals surface area contributed by atoms with Crippen LogP contribution in [-0.4, -0.2) is 19.7 Å². The van der Waals surface area contributed by atoms with Crippen LogP contribution in [0.2, 0.25) is 0 Å². The van der Waals surface area contributed by atoms with E-state index in [1.54, 1.807) is 0 Å². The third kappa shape index (κ3) is 3.84. The van der Waals surface area contributed by atoms with Crippen molar-refractivity contribution in [3.8, 4) is 5.75 Å². The van der Waals surface area contributed by atoms with Gasteiger partial charge in [0, 0.05) is 37.7 Å². The summed E-state index contributed by atoms with van der Waals surface area (Å²) in [5.74, 6) is 1.03. The number of hydrogen-bond acceptors (Lipinski definition) is 3. The first-order valence-electron chi connectivity index (χ1n) is 7.63. The fourth-order valence-electron chi connectivity index (χ4n) is 2.72. The van der Waals surface area contributed by atoms with E-state index in [4.69, 9.17) is 4.74 Å². The molecule has 0 amide bonds. The van der Waals surface area contributed by atoms with E-state index in [9.17, 15) is 0 Å². The third-order valence-corrected chi connectivity index (χ3v) is 3.82. The highest BCUT2D eigenvalue weighted by Gasteiger charge is 2.19. The van der Waals surface area contributed by atoms with Crippen LogP contribution in [0.15, 0.2) is 54.6 Å². The fraction of sp³-hybridized carbons (Fsp3) is 0.333. The largest absolute Gasteiger partial charge is 0.493 e. The fourth-order valence-corrected chi connectivity index (χ4v) is 2.72. The first-order valence-corrected chi connectivity index (χ1v) is 7.63. The van der Waals surface area contributed by atoms with Crippen LogP contribution in [0.5, 0.6) is 5.75 Å². The molecule has 2 aromatic rings. The SMILES string of the molecule is c1ccc(CNCCNC2CCOc3ccccc32)cc1. The second kappa shape index (κ2) is 7.25. The average Bonchev–Trinajstić information content (AvgIpc) is 2.56. The molecule has 0 spiro atoms. The van der Waals surface area contributed by atoms with E-state index < -0.39 is 0 Å². The van der Waals surface area contributed by atoms with E-state index in [1.807, 2.05) is 12.1 Å². The highest BCUT2D eigenvalue weighted by atomic mass is 16.5. The van der Waals surface area contributed by atoms with Crippen LogP contribution in [0.1, 0.15) is 23.6 Å². The Hall–Kier alpha value is -1.84. The summed E-state index contributed by atoms with van der Waals surface area (Å²) >= 11 is 0. The standard InChI is InChI=1S/C18H22N2O/c1-2-6-15(7-3-1)14-19-11-12-20-17-10-13-21-18-9-5-4-8-16(17)18/h1-9,17,19-20H,10-14H2. The maximum absolute atomic E-state index is 5.68. The van der Waals surface area contributed by atoms with Crippen molar-refractivity contribution < 1.29 is 4.74 Å². The van der Waals surface area contributed by atoms with Crippen LogP contribution in [-0.2, 0) is 6.54 Å². The molecule has 2 aromatic carbocycles. The molecular formula is C18H22N2O. The number of para-hydroxylation sites is 1. The summed E-state index contributed by atoms with van der Waals surface area (Å²) in [4.78, 5) is 0. The molecule has 21 heavy (non-hydrogen) atoms. The van der Waals surface area contributed by atoms with Crippen molar-refractivity contribution in [1.82, 2.24) is 10.6 Å². The lowest BCUT2D eigenvalue weighted by Gasteiger charge is -2.26. The first-order chi connectivity index (χ1) is 10.4. The minimum Gasteiger partial charge on any atom is -0.493 e. The van der Waals surface area contributed by atoms with Gasteiger partial charge in [-0.3, -0.25) is 0 Å². The van der Waals surface area contributed by atoms with Crippen molar-refractivity contribution in [3.05, 3.63) is 65.7 Å². The lowest BCUT2D eigenvalue weighted by Crippen LogP contribution is -2.32. The van der Waals surface area contributed by atoms with Gasteiger partial charge in [0.15, 0.2) is 0 Å². The molecule has 1 aliphatic heterocycles. The molecule has 0 saturated carbocycles. The van der Waals surface area contributed by atoms with Crippen molar-refractivity contribution in [2.45, 2.75) is 19.0 Å². The zero-order chi connectivity index (χ0) is 14.3. The summed E-state index contributed by atoms with van der Waals surface area (Å²) in [5, 5.41) is 7.09. The van der Waals surface area contributed by atoms with Gasteiger partial charge in [0.1, 0.15) is 5.75 Å². The number of rotatable bonds is 6. The summed E-state index contributed by atoms with van der Waals surface area (Å²) < 4.78 is 5.68. The second-order valence-electron chi connectivity index (χ2n) is 5.34. The Bertz CT molecular complexity index is 556. The van der Waals surface area contributed by atoms with Crippen molar-refractivity contribution in [2.75, 3.05) is 19.7 Å². The Kier molecular flexibility index (Phi) is 4.87. The van der Waals surface area contributed by atoms with Crippen molar-refractivity contribution in [2.24, 2.45) is 0 Å². The molecule has 1 heterocycles. The molecule has 1 aliphatic rings. The number of benzene rings is 2. The maximum Gasteiger partial charge on any atom is 0.124 e. The summed E-state index contributed by atoms with van der Waals surface area (Å²) in [6.07, 6.45) is 1.04. The normalized spacial score (nSPS) is 17.0. The van der Waals surface area contributed by atoms with Gasteiger partial charge in [0.25, 0.3) is 0 Å². The Morgan fingerprint density at radius 2 is 1.76 bits per heavy atom. The Labute approximate surface area is 126 Å². The molecule has 0 saturated heterocycles. The van der Waals surface area contributed by atoms with E-state index in [2.05, 4.69) is 53.1 Å². The zero-order valence-electron chi connectivity index (χ0n) is 12.2. The van der Waals surface area contributed by atoms with Gasteiger partial charge in [-0.25, -0.2) is 0 Å². The predicted molar refractivity (Wildman–Crippen MR) is 85.4 cm³/mol. The molecule has 0 aromatic heterocycles. The quantitative estimate of drug-likeness (QED) is 0.799. The number of nitrogens with one attached hydrogen (secondary N) is 2. The molecule has 110 valence electrons. The van der Waals surface area contributed by atoms with E-state index in [-0.39, 0.29) is 0 Å². The number of fused-ring (bicyclic) bond motifs is 1. The van der Waals surface area contributed by atoms with E-state index in [0.717, 1.165) is 38.4 Å². The van der Waals surface area contributed by atoms with Crippen LogP contribution >= 0.6 is 0 Å². The van der Waals surface area contributed by atoms with Gasteiger partial charge < -0.3 is 15.4 Å². The molecule has 0 radical (unpaired) electrons. The molecule has 1 atom stereocenters. The average molecular weight is 282 g/mol. The third-order valence-electron chi connectivity index (χ3n) is 3.82. The van der Waals surface area contributed by atoms with Gasteiger partial charge in [-0.05, 0) is 11.6 Å². The van der Waals surface area contributed by atoms with Crippen LogP contribution in [0, 0.1) is 0 Å². The molecule has 2 N–H and O–H groups in total. The summed E-state index contributed by atoms with van der Waals surface area (Å²) in [6, 6.07) is 19.2. The molecule has 0 bridgehead atoms. The van der Waals surface area contributed by atoms with Crippen LogP contribution in [0.3, 0.4) is 0 Å². The molecule has 0 fully saturated rings. The lowest BCUT2D eigenvalue weighted by atomic mass is 10.0. The van der Waals surface area contributed by atoms with Gasteiger partial charge in [-0.1, -0.05) is 48.5 Å². The monoisotopic (exact) mass is 282 g/mol. The Morgan fingerprint density at radius 3 is 2.67 bits per heavy atom. The van der Waals surface area contributed by atoms with E-state index in [0.29, 0.717) is 6.04 Å². The second-order valence-corrected chi connectivity index (χ2v) is 5.34. The smallest absolute Gasteiger partial charge is 0.124 e. The Balaban J connectivity index is 1.42. The number of hydrogen-bond donors (Lipinski definition) is 2. The van der Waals surface area contributed by atoms with E-state index >= 15 is 0 Å². The summed E-state index contributed by atoms with van der Waals surface area (Å²) in [6.45, 7) is 3.65. The van der Waals surface area contributed by atoms with Crippen molar-refractivity contribution in [3.63, 3.8) is 0 Å². The maximum atomic E-state index is 5.68. The molecular weight excluding hydrogens is 260 g/mol. The molecule has 3 heteroatoms. The molecule has 0 aliphatic carbocycles. The van der Waals surface area contributed by atoms with Crippen molar-refractivity contribution >= 4 is 0 Å². The minimum atomic E-state index is 0.411. The molecule has 3 rings (SSSR count). The minimum absolute atomic E-state index is 0.411. The molecule has 3 nitrogen and oxygen atoms in total. The lowest BCUT2D eigenvalue weighted by molar-refractivity contribution is 0.253. The van der Waals surface area contributed by atoms with Gasteiger partial charge in [0.2, 0.25) is 0 Å². The molecule has 1 unspecified atom stereocenters. The van der Waals surface area contributed by atoms with Crippen molar-refractivity contribution in [1.29, 1.82) is 0 Å². The number of ether oxygens (including phenoxy) is 1. The summed E-state index contributed by atoms with van der Waals surface area (Å²) in [7, 11) is 0. The zero-order valence-corrected chi connectivity index (χ0v) is 12.2. The van der Waals surface area contributed by atoms with Gasteiger partial charge in [-0.15, -0.1) is 0 Å². The van der Waals surface area contributed by atoms with Gasteiger partial charge in [-0.2, -0.15) is 0 Å². The Morgan fingerprint density at radius 1 is 0.952 bits per heavy atom. The van der Waals surface area contributed by atoms with Gasteiger partial charge >= 0.3 is 0 Å². The predicted octanol–water partition coefficient (Wildman–Crippen LogP) is 2.89. The van der Waals surface area contributed by atoms with Crippen LogP contribution in [0.4, 0.5) is 0 Å². The summed E-state index contributed by atoms with van der Waals surface area (Å²) in [5.41, 5.74) is 2.61. The topological polar surface area (TPSA) is 33.3 Å². The highest BCUT2D eigenvalue weighted by molar-refractivity contribution is 5.37. The van der Waals surface area contributed by atoms with Gasteiger partial charge in [0.05, 0.1) is 6.61 Å². The van der Waals surface area contributed by atoms with E-state index in [1.165, 1.54) is 11.1 Å². The highest BCUT2D eigenvalue weighted by Crippen LogP contribution is 2.31.